The lowest BCUT2D eigenvalue weighted by Crippen LogP contribution is -2.47. The van der Waals surface area contributed by atoms with Crippen LogP contribution in [0.4, 0.5) is 0 Å². The molecule has 2 heterocycles. The summed E-state index contributed by atoms with van der Waals surface area (Å²) in [6.45, 7) is 7.59. The van der Waals surface area contributed by atoms with E-state index in [0.29, 0.717) is 6.04 Å². The van der Waals surface area contributed by atoms with Gasteiger partial charge in [0.2, 0.25) is 0 Å². The summed E-state index contributed by atoms with van der Waals surface area (Å²) in [5, 5.41) is 0. The summed E-state index contributed by atoms with van der Waals surface area (Å²) in [4.78, 5) is 6.28. The van der Waals surface area contributed by atoms with Gasteiger partial charge in [0.05, 0.1) is 12.2 Å². The van der Waals surface area contributed by atoms with Crippen molar-refractivity contribution in [1.29, 1.82) is 0 Å². The molecule has 0 radical (unpaired) electrons. The first-order valence-corrected chi connectivity index (χ1v) is 5.22. The lowest BCUT2D eigenvalue weighted by molar-refractivity contribution is 0.0972. The zero-order chi connectivity index (χ0) is 10.7. The smallest absolute Gasteiger partial charge is 0.137 e. The lowest BCUT2D eigenvalue weighted by Gasteiger charge is -2.39. The average Bonchev–Trinajstić information content (AvgIpc) is 2.17. The fourth-order valence-corrected chi connectivity index (χ4v) is 1.68. The summed E-state index contributed by atoms with van der Waals surface area (Å²) in [7, 11) is 0. The van der Waals surface area contributed by atoms with Crippen molar-refractivity contribution in [3.63, 3.8) is 0 Å². The molecule has 15 heavy (non-hydrogen) atoms. The van der Waals surface area contributed by atoms with Crippen LogP contribution in [-0.4, -0.2) is 29.1 Å². The molecule has 80 valence electrons. The van der Waals surface area contributed by atoms with Gasteiger partial charge in [-0.2, -0.15) is 0 Å². The Balaban J connectivity index is 1.85. The van der Waals surface area contributed by atoms with Gasteiger partial charge in [0.1, 0.15) is 12.4 Å². The Morgan fingerprint density at radius 2 is 2.53 bits per heavy atom. The first-order chi connectivity index (χ1) is 7.29. The number of aryl methyl sites for hydroxylation is 1. The van der Waals surface area contributed by atoms with Gasteiger partial charge in [0.25, 0.3) is 0 Å². The van der Waals surface area contributed by atoms with Crippen LogP contribution in [0.15, 0.2) is 31.2 Å². The summed E-state index contributed by atoms with van der Waals surface area (Å²) in [5.41, 5.74) is 1.13. The zero-order valence-corrected chi connectivity index (χ0v) is 9.02. The summed E-state index contributed by atoms with van der Waals surface area (Å²) in [6, 6.07) is 2.49. The third-order valence-corrected chi connectivity index (χ3v) is 2.72. The third-order valence-electron chi connectivity index (χ3n) is 2.72. The Bertz CT molecular complexity index is 351. The molecule has 0 bridgehead atoms. The van der Waals surface area contributed by atoms with E-state index in [9.17, 15) is 0 Å². The van der Waals surface area contributed by atoms with Crippen LogP contribution < -0.4 is 4.74 Å². The number of likely N-dealkylation sites (tertiary alicyclic amines) is 1. The van der Waals surface area contributed by atoms with Crippen molar-refractivity contribution < 1.29 is 4.74 Å². The average molecular weight is 204 g/mol. The Kier molecular flexibility index (Phi) is 2.90. The minimum Gasteiger partial charge on any atom is -0.490 e. The van der Waals surface area contributed by atoms with E-state index in [1.807, 2.05) is 25.4 Å². The molecular formula is C12H16N2O. The van der Waals surface area contributed by atoms with Crippen LogP contribution in [0.3, 0.4) is 0 Å². The molecule has 0 amide bonds. The fraction of sp³-hybridized carbons (Fsp3) is 0.417. The maximum atomic E-state index is 5.67. The SMILES string of the molecule is C=CN1CCC1COc1cncc(C)c1. The zero-order valence-electron chi connectivity index (χ0n) is 9.02. The summed E-state index contributed by atoms with van der Waals surface area (Å²) in [6.07, 6.45) is 6.65. The normalized spacial score (nSPS) is 19.5. The van der Waals surface area contributed by atoms with Crippen LogP contribution in [0.5, 0.6) is 5.75 Å². The van der Waals surface area contributed by atoms with Crippen molar-refractivity contribution in [2.24, 2.45) is 0 Å². The molecule has 1 saturated heterocycles. The van der Waals surface area contributed by atoms with Crippen molar-refractivity contribution in [2.75, 3.05) is 13.2 Å². The number of nitrogens with zero attached hydrogens (tertiary/aromatic N) is 2. The Morgan fingerprint density at radius 3 is 3.13 bits per heavy atom. The molecule has 3 heteroatoms. The third kappa shape index (κ3) is 2.29. The number of hydrogen-bond donors (Lipinski definition) is 0. The molecule has 1 aromatic heterocycles. The molecule has 0 saturated carbocycles. The van der Waals surface area contributed by atoms with E-state index in [0.717, 1.165) is 24.5 Å². The molecule has 1 aromatic rings. The second-order valence-electron chi connectivity index (χ2n) is 3.87. The molecule has 2 rings (SSSR count). The predicted octanol–water partition coefficient (Wildman–Crippen LogP) is 1.99. The molecule has 0 aromatic carbocycles. The molecule has 0 N–H and O–H groups in total. The monoisotopic (exact) mass is 204 g/mol. The van der Waals surface area contributed by atoms with E-state index >= 15 is 0 Å². The molecule has 1 fully saturated rings. The minimum atomic E-state index is 0.489. The Morgan fingerprint density at radius 1 is 1.67 bits per heavy atom. The molecule has 1 aliphatic heterocycles. The topological polar surface area (TPSA) is 25.4 Å². The van der Waals surface area contributed by atoms with Gasteiger partial charge < -0.3 is 9.64 Å². The molecule has 3 nitrogen and oxygen atoms in total. The highest BCUT2D eigenvalue weighted by Crippen LogP contribution is 2.19. The Hall–Kier alpha value is -1.51. The van der Waals surface area contributed by atoms with Gasteiger partial charge >= 0.3 is 0 Å². The van der Waals surface area contributed by atoms with E-state index in [1.165, 1.54) is 6.42 Å². The van der Waals surface area contributed by atoms with E-state index in [2.05, 4.69) is 16.5 Å². The Labute approximate surface area is 90.4 Å². The second-order valence-corrected chi connectivity index (χ2v) is 3.87. The van der Waals surface area contributed by atoms with Crippen LogP contribution >= 0.6 is 0 Å². The van der Waals surface area contributed by atoms with Gasteiger partial charge in [0.15, 0.2) is 0 Å². The molecule has 1 aliphatic rings. The van der Waals surface area contributed by atoms with Gasteiger partial charge in [-0.15, -0.1) is 0 Å². The summed E-state index contributed by atoms with van der Waals surface area (Å²) < 4.78 is 5.67. The van der Waals surface area contributed by atoms with Gasteiger partial charge in [-0.1, -0.05) is 6.58 Å². The number of hydrogen-bond acceptors (Lipinski definition) is 3. The highest BCUT2D eigenvalue weighted by atomic mass is 16.5. The highest BCUT2D eigenvalue weighted by Gasteiger charge is 2.24. The quantitative estimate of drug-likeness (QED) is 0.750. The van der Waals surface area contributed by atoms with Crippen LogP contribution in [-0.2, 0) is 0 Å². The maximum Gasteiger partial charge on any atom is 0.137 e. The van der Waals surface area contributed by atoms with Crippen molar-refractivity contribution in [2.45, 2.75) is 19.4 Å². The van der Waals surface area contributed by atoms with E-state index in [4.69, 9.17) is 4.74 Å². The molecular weight excluding hydrogens is 188 g/mol. The molecule has 0 spiro atoms. The number of rotatable bonds is 4. The van der Waals surface area contributed by atoms with Crippen LogP contribution in [0.1, 0.15) is 12.0 Å². The van der Waals surface area contributed by atoms with E-state index < -0.39 is 0 Å². The van der Waals surface area contributed by atoms with Gasteiger partial charge in [0, 0.05) is 12.7 Å². The van der Waals surface area contributed by atoms with E-state index in [-0.39, 0.29) is 0 Å². The van der Waals surface area contributed by atoms with Crippen molar-refractivity contribution in [3.8, 4) is 5.75 Å². The van der Waals surface area contributed by atoms with Crippen LogP contribution in [0.2, 0.25) is 0 Å². The van der Waals surface area contributed by atoms with Crippen LogP contribution in [0, 0.1) is 6.92 Å². The van der Waals surface area contributed by atoms with Crippen molar-refractivity contribution >= 4 is 0 Å². The summed E-state index contributed by atoms with van der Waals surface area (Å²) in [5.74, 6) is 0.853. The lowest BCUT2D eigenvalue weighted by atomic mass is 10.1. The number of aromatic nitrogens is 1. The number of pyridine rings is 1. The standard InChI is InChI=1S/C12H16N2O/c1-3-14-5-4-11(14)9-15-12-6-10(2)7-13-8-12/h3,6-8,11H,1,4-5,9H2,2H3. The first kappa shape index (κ1) is 10.0. The first-order valence-electron chi connectivity index (χ1n) is 5.22. The van der Waals surface area contributed by atoms with E-state index in [1.54, 1.807) is 6.20 Å². The summed E-state index contributed by atoms with van der Waals surface area (Å²) >= 11 is 0. The van der Waals surface area contributed by atoms with Crippen LogP contribution in [0.25, 0.3) is 0 Å². The minimum absolute atomic E-state index is 0.489. The number of ether oxygens (including phenoxy) is 1. The van der Waals surface area contributed by atoms with Gasteiger partial charge in [-0.05, 0) is 31.2 Å². The predicted molar refractivity (Wildman–Crippen MR) is 59.8 cm³/mol. The largest absolute Gasteiger partial charge is 0.490 e. The molecule has 1 unspecified atom stereocenters. The van der Waals surface area contributed by atoms with Gasteiger partial charge in [-0.25, -0.2) is 0 Å². The molecule has 1 atom stereocenters. The highest BCUT2D eigenvalue weighted by molar-refractivity contribution is 5.22. The van der Waals surface area contributed by atoms with Crippen molar-refractivity contribution in [3.05, 3.63) is 36.8 Å². The second kappa shape index (κ2) is 4.34. The van der Waals surface area contributed by atoms with Gasteiger partial charge in [-0.3, -0.25) is 4.98 Å². The molecule has 0 aliphatic carbocycles. The fourth-order valence-electron chi connectivity index (χ4n) is 1.68. The van der Waals surface area contributed by atoms with Crippen molar-refractivity contribution in [1.82, 2.24) is 9.88 Å². The maximum absolute atomic E-state index is 5.67.